The molecular weight excluding hydrogens is 336 g/mol. The average molecular weight is 352 g/mol. The molecule has 2 aromatic rings. The summed E-state index contributed by atoms with van der Waals surface area (Å²) in [7, 11) is 4.07. The van der Waals surface area contributed by atoms with Gasteiger partial charge in [0.05, 0.1) is 32.5 Å². The molecule has 0 amide bonds. The molecular formula is C20H16O6. The van der Waals surface area contributed by atoms with Crippen LogP contribution in [-0.4, -0.2) is 38.9 Å². The first-order valence-electron chi connectivity index (χ1n) is 7.76. The predicted molar refractivity (Wildman–Crippen MR) is 93.9 cm³/mol. The summed E-state index contributed by atoms with van der Waals surface area (Å²) in [5.41, 5.74) is 1.33. The van der Waals surface area contributed by atoms with E-state index >= 15 is 0 Å². The zero-order valence-corrected chi connectivity index (χ0v) is 14.5. The van der Waals surface area contributed by atoms with Crippen molar-refractivity contribution < 1.29 is 28.6 Å². The van der Waals surface area contributed by atoms with Crippen LogP contribution >= 0.6 is 0 Å². The third kappa shape index (κ3) is 2.65. The van der Waals surface area contributed by atoms with Crippen molar-refractivity contribution in [1.82, 2.24) is 0 Å². The number of esters is 1. The van der Waals surface area contributed by atoms with E-state index in [1.807, 2.05) is 0 Å². The molecule has 0 unspecified atom stereocenters. The van der Waals surface area contributed by atoms with Gasteiger partial charge in [-0.2, -0.15) is 0 Å². The van der Waals surface area contributed by atoms with Crippen molar-refractivity contribution >= 4 is 23.6 Å². The number of carbonyl (C=O) groups excluding carboxylic acids is 3. The second-order valence-electron chi connectivity index (χ2n) is 5.51. The zero-order valence-electron chi connectivity index (χ0n) is 14.5. The number of hydrogen-bond acceptors (Lipinski definition) is 6. The molecule has 0 bridgehead atoms. The maximum Gasteiger partial charge on any atom is 0.330 e. The summed E-state index contributed by atoms with van der Waals surface area (Å²) in [6.07, 6.45) is 2.65. The van der Waals surface area contributed by atoms with Crippen LogP contribution in [0.5, 0.6) is 11.5 Å². The molecule has 0 N–H and O–H groups in total. The Kier molecular flexibility index (Phi) is 4.58. The lowest BCUT2D eigenvalue weighted by molar-refractivity contribution is -0.134. The van der Waals surface area contributed by atoms with Crippen molar-refractivity contribution in [1.29, 1.82) is 0 Å². The molecule has 0 saturated carbocycles. The Balaban J connectivity index is 2.30. The van der Waals surface area contributed by atoms with Crippen LogP contribution in [0.15, 0.2) is 36.4 Å². The molecule has 1 aliphatic carbocycles. The van der Waals surface area contributed by atoms with Gasteiger partial charge in [-0.1, -0.05) is 24.3 Å². The van der Waals surface area contributed by atoms with Gasteiger partial charge in [-0.25, -0.2) is 4.79 Å². The molecule has 132 valence electrons. The lowest BCUT2D eigenvalue weighted by atomic mass is 9.82. The van der Waals surface area contributed by atoms with Crippen LogP contribution in [0, 0.1) is 0 Å². The number of benzene rings is 2. The molecule has 0 spiro atoms. The van der Waals surface area contributed by atoms with Gasteiger partial charge in [0.25, 0.3) is 0 Å². The molecule has 0 saturated heterocycles. The molecule has 0 radical (unpaired) electrons. The first-order valence-corrected chi connectivity index (χ1v) is 7.76. The van der Waals surface area contributed by atoms with Gasteiger partial charge < -0.3 is 14.2 Å². The predicted octanol–water partition coefficient (Wildman–Crippen LogP) is 2.67. The molecule has 0 heterocycles. The van der Waals surface area contributed by atoms with Crippen molar-refractivity contribution in [3.63, 3.8) is 0 Å². The van der Waals surface area contributed by atoms with E-state index < -0.39 is 5.97 Å². The fourth-order valence-corrected chi connectivity index (χ4v) is 2.98. The minimum Gasteiger partial charge on any atom is -0.496 e. The number of methoxy groups -OCH3 is 3. The van der Waals surface area contributed by atoms with Crippen molar-refractivity contribution in [2.24, 2.45) is 0 Å². The Hall–Kier alpha value is -3.41. The lowest BCUT2D eigenvalue weighted by Crippen LogP contribution is -2.23. The van der Waals surface area contributed by atoms with E-state index in [1.165, 1.54) is 33.5 Å². The summed E-state index contributed by atoms with van der Waals surface area (Å²) >= 11 is 0. The number of ketones is 2. The zero-order chi connectivity index (χ0) is 18.8. The summed E-state index contributed by atoms with van der Waals surface area (Å²) in [4.78, 5) is 37.4. The molecule has 26 heavy (non-hydrogen) atoms. The van der Waals surface area contributed by atoms with E-state index in [-0.39, 0.29) is 34.2 Å². The van der Waals surface area contributed by atoms with Crippen LogP contribution in [-0.2, 0) is 9.53 Å². The van der Waals surface area contributed by atoms with Crippen molar-refractivity contribution in [2.75, 3.05) is 21.3 Å². The van der Waals surface area contributed by atoms with Crippen LogP contribution in [0.3, 0.4) is 0 Å². The molecule has 0 fully saturated rings. The Morgan fingerprint density at radius 1 is 0.923 bits per heavy atom. The van der Waals surface area contributed by atoms with Gasteiger partial charge in [-0.3, -0.25) is 9.59 Å². The molecule has 1 aliphatic rings. The van der Waals surface area contributed by atoms with E-state index in [4.69, 9.17) is 9.47 Å². The number of ether oxygens (including phenoxy) is 3. The quantitative estimate of drug-likeness (QED) is 0.531. The fourth-order valence-electron chi connectivity index (χ4n) is 2.98. The molecule has 6 heteroatoms. The Labute approximate surface area is 150 Å². The summed E-state index contributed by atoms with van der Waals surface area (Å²) in [6, 6.07) is 8.15. The summed E-state index contributed by atoms with van der Waals surface area (Å²) in [6.45, 7) is 0. The van der Waals surface area contributed by atoms with E-state index in [2.05, 4.69) is 4.74 Å². The Bertz CT molecular complexity index is 955. The molecule has 3 rings (SSSR count). The molecule has 2 aromatic carbocycles. The lowest BCUT2D eigenvalue weighted by Gasteiger charge is -2.23. The van der Waals surface area contributed by atoms with E-state index in [0.717, 1.165) is 0 Å². The largest absolute Gasteiger partial charge is 0.496 e. The molecule has 6 nitrogen and oxygen atoms in total. The fraction of sp³-hybridized carbons (Fsp3) is 0.150. The normalized spacial score (nSPS) is 12.6. The van der Waals surface area contributed by atoms with Crippen LogP contribution in [0.25, 0.3) is 6.08 Å². The van der Waals surface area contributed by atoms with Gasteiger partial charge >= 0.3 is 5.97 Å². The maximum atomic E-state index is 13.0. The van der Waals surface area contributed by atoms with Crippen molar-refractivity contribution in [3.05, 3.63) is 64.2 Å². The number of rotatable bonds is 4. The number of hydrogen-bond donors (Lipinski definition) is 0. The third-order valence-corrected chi connectivity index (χ3v) is 4.17. The van der Waals surface area contributed by atoms with Gasteiger partial charge in [-0.05, 0) is 12.1 Å². The van der Waals surface area contributed by atoms with Crippen LogP contribution in [0.2, 0.25) is 0 Å². The maximum absolute atomic E-state index is 13.0. The van der Waals surface area contributed by atoms with Crippen molar-refractivity contribution in [3.8, 4) is 11.5 Å². The first kappa shape index (κ1) is 17.4. The van der Waals surface area contributed by atoms with Crippen LogP contribution in [0.4, 0.5) is 0 Å². The van der Waals surface area contributed by atoms with Crippen LogP contribution < -0.4 is 9.47 Å². The minimum atomic E-state index is -0.559. The van der Waals surface area contributed by atoms with E-state index in [9.17, 15) is 14.4 Å². The highest BCUT2D eigenvalue weighted by atomic mass is 16.5. The van der Waals surface area contributed by atoms with Crippen molar-refractivity contribution in [2.45, 2.75) is 0 Å². The van der Waals surface area contributed by atoms with Gasteiger partial charge in [0.15, 0.2) is 11.6 Å². The number of carbonyl (C=O) groups is 3. The second kappa shape index (κ2) is 6.84. The molecule has 0 aromatic heterocycles. The third-order valence-electron chi connectivity index (χ3n) is 4.17. The smallest absolute Gasteiger partial charge is 0.330 e. The van der Waals surface area contributed by atoms with Gasteiger partial charge in [-0.15, -0.1) is 0 Å². The highest BCUT2D eigenvalue weighted by Crippen LogP contribution is 2.41. The summed E-state index contributed by atoms with van der Waals surface area (Å²) < 4.78 is 15.3. The van der Waals surface area contributed by atoms with Gasteiger partial charge in [0.1, 0.15) is 11.5 Å². The monoisotopic (exact) mass is 352 g/mol. The highest BCUT2D eigenvalue weighted by molar-refractivity contribution is 6.30. The molecule has 0 atom stereocenters. The Morgan fingerprint density at radius 3 is 2.08 bits per heavy atom. The SMILES string of the molecule is COC(=O)/C=C/c1cc(OC)c2c(c1OC)C(=O)c1ccccc1C2=O. The molecule has 0 aliphatic heterocycles. The average Bonchev–Trinajstić information content (AvgIpc) is 2.68. The first-order chi connectivity index (χ1) is 12.5. The minimum absolute atomic E-state index is 0.125. The van der Waals surface area contributed by atoms with Gasteiger partial charge in [0, 0.05) is 22.8 Å². The summed E-state index contributed by atoms with van der Waals surface area (Å²) in [5.74, 6) is -0.768. The number of fused-ring (bicyclic) bond motifs is 2. The summed E-state index contributed by atoms with van der Waals surface area (Å²) in [5, 5.41) is 0. The highest BCUT2D eigenvalue weighted by Gasteiger charge is 2.36. The van der Waals surface area contributed by atoms with E-state index in [1.54, 1.807) is 30.3 Å². The second-order valence-corrected chi connectivity index (χ2v) is 5.51. The van der Waals surface area contributed by atoms with Gasteiger partial charge in [0.2, 0.25) is 0 Å². The standard InChI is InChI=1S/C20H16O6/c1-24-14-10-11(8-9-15(21)25-2)20(26-3)17-16(14)18(22)12-6-4-5-7-13(12)19(17)23/h4-10H,1-3H3/b9-8+. The van der Waals surface area contributed by atoms with E-state index in [0.29, 0.717) is 16.7 Å². The topological polar surface area (TPSA) is 78.9 Å². The Morgan fingerprint density at radius 2 is 1.54 bits per heavy atom. The van der Waals surface area contributed by atoms with Crippen LogP contribution in [0.1, 0.15) is 37.4 Å².